The van der Waals surface area contributed by atoms with Crippen LogP contribution in [0.3, 0.4) is 0 Å². The van der Waals surface area contributed by atoms with Crippen LogP contribution in [-0.4, -0.2) is 23.2 Å². The fraction of sp³-hybridized carbons (Fsp3) is 0.500. The van der Waals surface area contributed by atoms with Crippen LogP contribution in [0.1, 0.15) is 25.0 Å². The molecule has 4 nitrogen and oxygen atoms in total. The van der Waals surface area contributed by atoms with Crippen LogP contribution in [0, 0.1) is 11.3 Å². The van der Waals surface area contributed by atoms with Crippen LogP contribution < -0.4 is 5.32 Å². The zero-order valence-electron chi connectivity index (χ0n) is 8.89. The van der Waals surface area contributed by atoms with E-state index in [2.05, 4.69) is 10.3 Å². The summed E-state index contributed by atoms with van der Waals surface area (Å²) in [6, 6.07) is 6.05. The van der Waals surface area contributed by atoms with E-state index in [1.165, 1.54) is 6.42 Å². The monoisotopic (exact) mass is 215 g/mol. The van der Waals surface area contributed by atoms with Crippen LogP contribution in [0.4, 0.5) is 5.69 Å². The Morgan fingerprint density at radius 1 is 1.44 bits per heavy atom. The maximum absolute atomic E-state index is 8.65. The van der Waals surface area contributed by atoms with Gasteiger partial charge in [0, 0.05) is 0 Å². The largest absolute Gasteiger partial charge is 0.378 e. The van der Waals surface area contributed by atoms with E-state index in [0.717, 1.165) is 18.5 Å². The number of pyridine rings is 1. The van der Waals surface area contributed by atoms with E-state index < -0.39 is 0 Å². The summed E-state index contributed by atoms with van der Waals surface area (Å²) in [6.07, 6.45) is 5.98. The Kier molecular flexibility index (Phi) is 2.26. The van der Waals surface area contributed by atoms with E-state index in [9.17, 15) is 0 Å². The first-order chi connectivity index (χ1) is 7.85. The van der Waals surface area contributed by atoms with Gasteiger partial charge in [-0.2, -0.15) is 5.26 Å². The minimum Gasteiger partial charge on any atom is -0.378 e. The van der Waals surface area contributed by atoms with Crippen molar-refractivity contribution in [3.63, 3.8) is 0 Å². The number of hydrogen-bond donors (Lipinski definition) is 1. The van der Waals surface area contributed by atoms with Crippen LogP contribution in [0.2, 0.25) is 0 Å². The zero-order chi connectivity index (χ0) is 11.0. The quantitative estimate of drug-likeness (QED) is 0.815. The highest BCUT2D eigenvalue weighted by Crippen LogP contribution is 2.35. The van der Waals surface area contributed by atoms with Crippen LogP contribution in [-0.2, 0) is 4.74 Å². The van der Waals surface area contributed by atoms with E-state index in [1.54, 1.807) is 12.3 Å². The number of fused-ring (bicyclic) bond motifs is 2. The third kappa shape index (κ3) is 1.63. The molecule has 0 aromatic carbocycles. The van der Waals surface area contributed by atoms with Crippen molar-refractivity contribution < 1.29 is 4.74 Å². The molecule has 3 atom stereocenters. The molecule has 0 unspecified atom stereocenters. The second kappa shape index (κ2) is 3.76. The molecule has 82 valence electrons. The average molecular weight is 215 g/mol. The summed E-state index contributed by atoms with van der Waals surface area (Å²) in [6.45, 7) is 0. The van der Waals surface area contributed by atoms with E-state index in [4.69, 9.17) is 10.00 Å². The first-order valence-corrected chi connectivity index (χ1v) is 5.63. The van der Waals surface area contributed by atoms with Crippen LogP contribution in [0.5, 0.6) is 0 Å². The fourth-order valence-electron chi connectivity index (χ4n) is 2.55. The van der Waals surface area contributed by atoms with Gasteiger partial charge in [-0.25, -0.2) is 4.98 Å². The Hall–Kier alpha value is -1.60. The van der Waals surface area contributed by atoms with Gasteiger partial charge in [-0.05, 0) is 31.4 Å². The van der Waals surface area contributed by atoms with Gasteiger partial charge in [-0.3, -0.25) is 0 Å². The van der Waals surface area contributed by atoms with Crippen molar-refractivity contribution in [1.82, 2.24) is 4.98 Å². The molecule has 2 fully saturated rings. The molecule has 16 heavy (non-hydrogen) atoms. The molecular weight excluding hydrogens is 202 g/mol. The van der Waals surface area contributed by atoms with Crippen molar-refractivity contribution in [2.24, 2.45) is 0 Å². The second-order valence-electron chi connectivity index (χ2n) is 4.40. The number of nitrogens with one attached hydrogen (secondary N) is 1. The highest BCUT2D eigenvalue weighted by atomic mass is 16.5. The minimum atomic E-state index is 0.362. The molecule has 0 amide bonds. The van der Waals surface area contributed by atoms with Crippen molar-refractivity contribution in [3.8, 4) is 6.07 Å². The Labute approximate surface area is 94.2 Å². The maximum Gasteiger partial charge on any atom is 0.140 e. The Morgan fingerprint density at radius 3 is 2.94 bits per heavy atom. The third-order valence-electron chi connectivity index (χ3n) is 3.34. The minimum absolute atomic E-state index is 0.362. The molecule has 1 aromatic rings. The molecule has 2 aliphatic heterocycles. The number of nitrogens with zero attached hydrogens (tertiary/aromatic N) is 2. The van der Waals surface area contributed by atoms with Gasteiger partial charge in [0.2, 0.25) is 0 Å². The standard InChI is InChI=1S/C12H13N3O/c13-6-8-1-2-9(7-14-8)15-11-5-10-3-4-12(11)16-10/h1-2,7,10-12,15H,3-5H2/t10-,11+,12-/m1/s1. The summed E-state index contributed by atoms with van der Waals surface area (Å²) in [4.78, 5) is 4.04. The molecular formula is C12H13N3O. The van der Waals surface area contributed by atoms with Gasteiger partial charge in [-0.15, -0.1) is 0 Å². The number of ether oxygens (including phenoxy) is 1. The Balaban J connectivity index is 1.68. The predicted molar refractivity (Wildman–Crippen MR) is 58.9 cm³/mol. The highest BCUT2D eigenvalue weighted by molar-refractivity contribution is 5.44. The summed E-state index contributed by atoms with van der Waals surface area (Å²) in [5.41, 5.74) is 1.43. The van der Waals surface area contributed by atoms with Crippen molar-refractivity contribution in [2.45, 2.75) is 37.5 Å². The molecule has 0 aliphatic carbocycles. The zero-order valence-corrected chi connectivity index (χ0v) is 8.89. The lowest BCUT2D eigenvalue weighted by atomic mass is 9.95. The molecule has 0 saturated carbocycles. The smallest absolute Gasteiger partial charge is 0.140 e. The lowest BCUT2D eigenvalue weighted by Crippen LogP contribution is -2.30. The third-order valence-corrected chi connectivity index (χ3v) is 3.34. The summed E-state index contributed by atoms with van der Waals surface area (Å²) in [5, 5.41) is 12.1. The second-order valence-corrected chi connectivity index (χ2v) is 4.40. The van der Waals surface area contributed by atoms with Gasteiger partial charge < -0.3 is 10.1 Å². The van der Waals surface area contributed by atoms with Crippen LogP contribution >= 0.6 is 0 Å². The molecule has 1 aromatic heterocycles. The fourth-order valence-corrected chi connectivity index (χ4v) is 2.55. The molecule has 1 N–H and O–H groups in total. The van der Waals surface area contributed by atoms with E-state index in [-0.39, 0.29) is 0 Å². The number of rotatable bonds is 2. The van der Waals surface area contributed by atoms with Crippen LogP contribution in [0.15, 0.2) is 18.3 Å². The van der Waals surface area contributed by atoms with E-state index in [0.29, 0.717) is 23.9 Å². The van der Waals surface area contributed by atoms with Gasteiger partial charge in [0.1, 0.15) is 11.8 Å². The molecule has 2 aliphatic rings. The lowest BCUT2D eigenvalue weighted by Gasteiger charge is -2.20. The van der Waals surface area contributed by atoms with Gasteiger partial charge in [0.05, 0.1) is 30.1 Å². The molecule has 4 heteroatoms. The highest BCUT2D eigenvalue weighted by Gasteiger charge is 2.40. The summed E-state index contributed by atoms with van der Waals surface area (Å²) >= 11 is 0. The SMILES string of the molecule is N#Cc1ccc(N[C@H]2C[C@H]3CC[C@H]2O3)cn1. The normalized spacial score (nSPS) is 31.3. The number of hydrogen-bond acceptors (Lipinski definition) is 4. The first kappa shape index (κ1) is 9.61. The van der Waals surface area contributed by atoms with Crippen molar-refractivity contribution >= 4 is 5.69 Å². The maximum atomic E-state index is 8.65. The number of anilines is 1. The summed E-state index contributed by atoms with van der Waals surface area (Å²) < 4.78 is 5.77. The summed E-state index contributed by atoms with van der Waals surface area (Å²) in [5.74, 6) is 0. The lowest BCUT2D eigenvalue weighted by molar-refractivity contribution is 0.102. The van der Waals surface area contributed by atoms with Gasteiger partial charge in [0.15, 0.2) is 0 Å². The van der Waals surface area contributed by atoms with Crippen LogP contribution in [0.25, 0.3) is 0 Å². The predicted octanol–water partition coefficient (Wildman–Crippen LogP) is 1.69. The first-order valence-electron chi connectivity index (χ1n) is 5.63. The molecule has 3 rings (SSSR count). The Bertz CT molecular complexity index is 423. The van der Waals surface area contributed by atoms with E-state index >= 15 is 0 Å². The van der Waals surface area contributed by atoms with Crippen molar-refractivity contribution in [1.29, 1.82) is 5.26 Å². The average Bonchev–Trinajstić information content (AvgIpc) is 2.92. The molecule has 3 heterocycles. The molecule has 2 bridgehead atoms. The van der Waals surface area contributed by atoms with Gasteiger partial charge in [0.25, 0.3) is 0 Å². The van der Waals surface area contributed by atoms with Crippen molar-refractivity contribution in [3.05, 3.63) is 24.0 Å². The number of aromatic nitrogens is 1. The molecule has 0 radical (unpaired) electrons. The number of nitriles is 1. The summed E-state index contributed by atoms with van der Waals surface area (Å²) in [7, 11) is 0. The topological polar surface area (TPSA) is 57.9 Å². The van der Waals surface area contributed by atoms with E-state index in [1.807, 2.05) is 12.1 Å². The Morgan fingerprint density at radius 2 is 2.38 bits per heavy atom. The molecule has 2 saturated heterocycles. The van der Waals surface area contributed by atoms with Gasteiger partial charge in [-0.1, -0.05) is 0 Å². The van der Waals surface area contributed by atoms with Crippen molar-refractivity contribution in [2.75, 3.05) is 5.32 Å². The van der Waals surface area contributed by atoms with Gasteiger partial charge >= 0.3 is 0 Å². The molecule has 0 spiro atoms.